The van der Waals surface area contributed by atoms with Gasteiger partial charge in [0.1, 0.15) is 10.9 Å². The molecule has 0 saturated heterocycles. The van der Waals surface area contributed by atoms with Gasteiger partial charge >= 0.3 is 5.97 Å². The van der Waals surface area contributed by atoms with Crippen LogP contribution in [0.4, 0.5) is 0 Å². The zero-order valence-electron chi connectivity index (χ0n) is 15.2. The highest BCUT2D eigenvalue weighted by atomic mass is 32.2. The number of fused-ring (bicyclic) bond motifs is 2. The van der Waals surface area contributed by atoms with E-state index >= 15 is 0 Å². The summed E-state index contributed by atoms with van der Waals surface area (Å²) in [6.07, 6.45) is 0. The molecule has 0 saturated carbocycles. The van der Waals surface area contributed by atoms with Crippen LogP contribution < -0.4 is 18.9 Å². The maximum atomic E-state index is 11.2. The molecule has 148 valence electrons. The van der Waals surface area contributed by atoms with Gasteiger partial charge in [0.05, 0.1) is 0 Å². The lowest BCUT2D eigenvalue weighted by Gasteiger charge is -2.04. The number of carboxylic acid groups (broad SMARTS) is 1. The molecule has 3 aromatic rings. The molecule has 1 atom stereocenters. The maximum absolute atomic E-state index is 11.2. The third-order valence-electron chi connectivity index (χ3n) is 4.51. The van der Waals surface area contributed by atoms with Gasteiger partial charge in [-0.05, 0) is 43.3 Å². The third-order valence-corrected chi connectivity index (χ3v) is 5.45. The molecular weight excluding hydrogens is 398 g/mol. The van der Waals surface area contributed by atoms with E-state index in [0.717, 1.165) is 22.9 Å². The Hall–Kier alpha value is -3.33. The molecule has 0 aliphatic carbocycles. The first-order chi connectivity index (χ1) is 14.1. The quantitative estimate of drug-likeness (QED) is 0.621. The number of aromatic nitrogens is 1. The van der Waals surface area contributed by atoms with Crippen LogP contribution in [0.5, 0.6) is 23.0 Å². The Morgan fingerprint density at radius 3 is 2.21 bits per heavy atom. The number of hydrogen-bond donors (Lipinski definition) is 1. The van der Waals surface area contributed by atoms with Gasteiger partial charge in [0.2, 0.25) is 13.6 Å². The summed E-state index contributed by atoms with van der Waals surface area (Å²) in [5.41, 5.74) is 2.08. The van der Waals surface area contributed by atoms with Crippen LogP contribution in [0, 0.1) is 0 Å². The summed E-state index contributed by atoms with van der Waals surface area (Å²) in [5, 5.41) is 8.77. The first kappa shape index (κ1) is 17.7. The number of ether oxygens (including phenoxy) is 4. The number of carbonyl (C=O) groups is 1. The summed E-state index contributed by atoms with van der Waals surface area (Å²) in [4.78, 5) is 15.8. The van der Waals surface area contributed by atoms with Crippen molar-refractivity contribution >= 4 is 17.7 Å². The number of nitrogens with zero attached hydrogens (tertiary/aromatic N) is 1. The van der Waals surface area contributed by atoms with Crippen molar-refractivity contribution in [2.24, 2.45) is 0 Å². The van der Waals surface area contributed by atoms with Gasteiger partial charge in [-0.25, -0.2) is 4.98 Å². The van der Waals surface area contributed by atoms with Gasteiger partial charge in [-0.15, -0.1) is 0 Å². The first-order valence-electron chi connectivity index (χ1n) is 8.79. The van der Waals surface area contributed by atoms with E-state index in [4.69, 9.17) is 23.4 Å². The summed E-state index contributed by atoms with van der Waals surface area (Å²) < 4.78 is 27.7. The van der Waals surface area contributed by atoms with Gasteiger partial charge in [-0.3, -0.25) is 4.79 Å². The summed E-state index contributed by atoms with van der Waals surface area (Å²) in [6.45, 7) is 1.92. The minimum Gasteiger partial charge on any atom is -0.480 e. The van der Waals surface area contributed by atoms with Crippen molar-refractivity contribution in [2.75, 3.05) is 13.6 Å². The molecule has 0 bridgehead atoms. The van der Waals surface area contributed by atoms with E-state index in [1.807, 2.05) is 30.3 Å². The molecular formula is C20H15NO7S. The molecule has 0 radical (unpaired) electrons. The van der Waals surface area contributed by atoms with Crippen molar-refractivity contribution in [3.05, 3.63) is 36.4 Å². The van der Waals surface area contributed by atoms with Crippen molar-refractivity contribution in [3.8, 4) is 45.6 Å². The number of benzene rings is 2. The molecule has 2 aromatic carbocycles. The van der Waals surface area contributed by atoms with Crippen LogP contribution >= 0.6 is 11.8 Å². The van der Waals surface area contributed by atoms with Crippen molar-refractivity contribution < 1.29 is 33.3 Å². The Morgan fingerprint density at radius 2 is 1.55 bits per heavy atom. The molecule has 0 amide bonds. The van der Waals surface area contributed by atoms with Crippen molar-refractivity contribution in [1.82, 2.24) is 4.98 Å². The Bertz CT molecular complexity index is 1040. The van der Waals surface area contributed by atoms with Crippen molar-refractivity contribution in [1.29, 1.82) is 0 Å². The number of oxazole rings is 1. The average Bonchev–Trinajstić information content (AvgIpc) is 3.45. The fraction of sp³-hybridized carbons (Fsp3) is 0.200. The lowest BCUT2D eigenvalue weighted by molar-refractivity contribution is -0.136. The summed E-state index contributed by atoms with van der Waals surface area (Å²) in [6, 6.07) is 11.0. The normalized spacial score (nSPS) is 14.8. The summed E-state index contributed by atoms with van der Waals surface area (Å²) >= 11 is 1.04. The summed E-state index contributed by atoms with van der Waals surface area (Å²) in [7, 11) is 0. The highest BCUT2D eigenvalue weighted by molar-refractivity contribution is 8.00. The molecule has 9 heteroatoms. The molecule has 8 nitrogen and oxygen atoms in total. The Labute approximate surface area is 169 Å². The largest absolute Gasteiger partial charge is 0.480 e. The molecule has 1 aromatic heterocycles. The molecule has 29 heavy (non-hydrogen) atoms. The van der Waals surface area contributed by atoms with Gasteiger partial charge < -0.3 is 28.5 Å². The SMILES string of the molecule is CC(Sc1nc(-c2ccc3c(c2)OCO3)c(-c2ccc3c(c2)OCO3)o1)C(=O)O. The topological polar surface area (TPSA) is 100 Å². The van der Waals surface area contributed by atoms with Crippen molar-refractivity contribution in [2.45, 2.75) is 17.4 Å². The minimum absolute atomic E-state index is 0.168. The maximum Gasteiger partial charge on any atom is 0.316 e. The number of thioether (sulfide) groups is 1. The van der Waals surface area contributed by atoms with Gasteiger partial charge in [-0.1, -0.05) is 11.8 Å². The number of carboxylic acids is 1. The minimum atomic E-state index is -0.942. The van der Waals surface area contributed by atoms with Gasteiger partial charge in [0.15, 0.2) is 28.8 Å². The predicted molar refractivity (Wildman–Crippen MR) is 103 cm³/mol. The van der Waals surface area contributed by atoms with Crippen LogP contribution in [-0.2, 0) is 4.79 Å². The fourth-order valence-corrected chi connectivity index (χ4v) is 3.70. The third kappa shape index (κ3) is 3.23. The molecule has 3 heterocycles. The standard InChI is InChI=1S/C20H15NO7S/c1-10(19(22)23)29-20-21-17(11-2-4-13-15(6-11)26-8-24-13)18(28-20)12-3-5-14-16(7-12)27-9-25-14/h2-7,10H,8-9H2,1H3,(H,22,23). The second kappa shape index (κ2) is 6.93. The molecule has 1 unspecified atom stereocenters. The molecule has 2 aliphatic heterocycles. The molecule has 0 spiro atoms. The zero-order chi connectivity index (χ0) is 20.0. The monoisotopic (exact) mass is 413 g/mol. The van der Waals surface area contributed by atoms with Gasteiger partial charge in [0, 0.05) is 11.1 Å². The molecule has 5 rings (SSSR count). The second-order valence-electron chi connectivity index (χ2n) is 6.39. The highest BCUT2D eigenvalue weighted by Gasteiger charge is 2.24. The Balaban J connectivity index is 1.60. The van der Waals surface area contributed by atoms with E-state index in [0.29, 0.717) is 34.5 Å². The van der Waals surface area contributed by atoms with Gasteiger partial charge in [0.25, 0.3) is 5.22 Å². The van der Waals surface area contributed by atoms with Crippen LogP contribution in [0.2, 0.25) is 0 Å². The van der Waals surface area contributed by atoms with E-state index < -0.39 is 11.2 Å². The van der Waals surface area contributed by atoms with Crippen molar-refractivity contribution in [3.63, 3.8) is 0 Å². The number of rotatable bonds is 5. The molecule has 1 N–H and O–H groups in total. The highest BCUT2D eigenvalue weighted by Crippen LogP contribution is 2.43. The second-order valence-corrected chi connectivity index (χ2v) is 7.68. The molecule has 0 fully saturated rings. The number of hydrogen-bond acceptors (Lipinski definition) is 8. The molecule has 2 aliphatic rings. The van der Waals surface area contributed by atoms with Crippen LogP contribution in [0.1, 0.15) is 6.92 Å². The first-order valence-corrected chi connectivity index (χ1v) is 9.67. The van der Waals surface area contributed by atoms with E-state index in [1.54, 1.807) is 13.0 Å². The Kier molecular flexibility index (Phi) is 4.24. The lowest BCUT2D eigenvalue weighted by Crippen LogP contribution is -2.10. The van der Waals surface area contributed by atoms with E-state index in [1.165, 1.54) is 0 Å². The Morgan fingerprint density at radius 1 is 0.966 bits per heavy atom. The van der Waals surface area contributed by atoms with Crippen LogP contribution in [-0.4, -0.2) is 34.9 Å². The predicted octanol–water partition coefficient (Wildman–Crippen LogP) is 4.03. The van der Waals surface area contributed by atoms with Gasteiger partial charge in [-0.2, -0.15) is 0 Å². The van der Waals surface area contributed by atoms with E-state index in [2.05, 4.69) is 4.98 Å². The van der Waals surface area contributed by atoms with Crippen LogP contribution in [0.15, 0.2) is 46.0 Å². The average molecular weight is 413 g/mol. The summed E-state index contributed by atoms with van der Waals surface area (Å²) in [5.74, 6) is 2.12. The lowest BCUT2D eigenvalue weighted by atomic mass is 10.0. The zero-order valence-corrected chi connectivity index (χ0v) is 16.0. The van der Waals surface area contributed by atoms with E-state index in [9.17, 15) is 9.90 Å². The number of aliphatic carboxylic acids is 1. The smallest absolute Gasteiger partial charge is 0.316 e. The fourth-order valence-electron chi connectivity index (χ4n) is 3.03. The van der Waals surface area contributed by atoms with E-state index in [-0.39, 0.29) is 18.8 Å². The van der Waals surface area contributed by atoms with Crippen LogP contribution in [0.3, 0.4) is 0 Å². The van der Waals surface area contributed by atoms with Crippen LogP contribution in [0.25, 0.3) is 22.6 Å².